The summed E-state index contributed by atoms with van der Waals surface area (Å²) in [7, 11) is 0. The quantitative estimate of drug-likeness (QED) is 0.338. The van der Waals surface area contributed by atoms with Crippen molar-refractivity contribution < 1.29 is 0 Å². The molecule has 1 aliphatic carbocycles. The average molecular weight is 201 g/mol. The van der Waals surface area contributed by atoms with Gasteiger partial charge in [-0.25, -0.2) is 5.84 Å². The van der Waals surface area contributed by atoms with E-state index in [0.29, 0.717) is 11.2 Å². The molecule has 0 aliphatic heterocycles. The number of nitrogens with two attached hydrogens (primary N) is 1. The Morgan fingerprint density at radius 2 is 1.77 bits per heavy atom. The minimum Gasteiger partial charge on any atom is -0.359 e. The maximum Gasteiger partial charge on any atom is 0.180 e. The Morgan fingerprint density at radius 1 is 1.23 bits per heavy atom. The van der Waals surface area contributed by atoms with Crippen molar-refractivity contribution >= 4 is 17.3 Å². The molecule has 0 saturated heterocycles. The van der Waals surface area contributed by atoms with Gasteiger partial charge in [-0.05, 0) is 43.3 Å². The highest BCUT2D eigenvalue weighted by Crippen LogP contribution is 2.28. The topological polar surface area (TPSA) is 50.1 Å². The van der Waals surface area contributed by atoms with E-state index in [9.17, 15) is 0 Å². The Kier molecular flexibility index (Phi) is 3.93. The van der Waals surface area contributed by atoms with Crippen molar-refractivity contribution in [3.8, 4) is 0 Å². The molecule has 0 radical (unpaired) electrons. The molecular formula is C9H19N3S. The molecule has 76 valence electrons. The maximum atomic E-state index is 5.20. The van der Waals surface area contributed by atoms with E-state index in [0.717, 1.165) is 11.8 Å². The molecule has 0 aromatic carbocycles. The first-order valence-corrected chi connectivity index (χ1v) is 5.29. The Labute approximate surface area is 85.4 Å². The fourth-order valence-corrected chi connectivity index (χ4v) is 2.46. The van der Waals surface area contributed by atoms with E-state index in [-0.39, 0.29) is 0 Å². The van der Waals surface area contributed by atoms with Crippen molar-refractivity contribution in [2.24, 2.45) is 17.7 Å². The molecule has 1 aliphatic rings. The second-order valence-electron chi connectivity index (χ2n) is 4.23. The van der Waals surface area contributed by atoms with E-state index in [2.05, 4.69) is 24.6 Å². The van der Waals surface area contributed by atoms with Crippen LogP contribution in [0.3, 0.4) is 0 Å². The summed E-state index contributed by atoms with van der Waals surface area (Å²) in [5.74, 6) is 6.79. The molecule has 0 aromatic rings. The van der Waals surface area contributed by atoms with E-state index in [1.165, 1.54) is 19.3 Å². The third-order valence-electron chi connectivity index (χ3n) is 2.64. The molecule has 0 heterocycles. The van der Waals surface area contributed by atoms with Gasteiger partial charge in [-0.2, -0.15) is 0 Å². The Bertz CT molecular complexity index is 174. The largest absolute Gasteiger partial charge is 0.359 e. The first kappa shape index (κ1) is 10.7. The molecular weight excluding hydrogens is 182 g/mol. The number of thiocarbonyl (C=S) groups is 1. The van der Waals surface area contributed by atoms with E-state index >= 15 is 0 Å². The highest BCUT2D eigenvalue weighted by molar-refractivity contribution is 7.80. The lowest BCUT2D eigenvalue weighted by molar-refractivity contribution is 0.256. The van der Waals surface area contributed by atoms with Crippen LogP contribution in [-0.4, -0.2) is 11.2 Å². The normalized spacial score (nSPS) is 33.9. The van der Waals surface area contributed by atoms with Crippen LogP contribution in [0.25, 0.3) is 0 Å². The van der Waals surface area contributed by atoms with Crippen LogP contribution in [-0.2, 0) is 0 Å². The van der Waals surface area contributed by atoms with Crippen LogP contribution in [0, 0.1) is 11.8 Å². The highest BCUT2D eigenvalue weighted by atomic mass is 32.1. The van der Waals surface area contributed by atoms with Gasteiger partial charge in [-0.3, -0.25) is 0 Å². The fourth-order valence-electron chi connectivity index (χ4n) is 2.29. The summed E-state index contributed by atoms with van der Waals surface area (Å²) in [6.07, 6.45) is 3.74. The van der Waals surface area contributed by atoms with Crippen molar-refractivity contribution in [3.63, 3.8) is 0 Å². The van der Waals surface area contributed by atoms with Gasteiger partial charge in [0.2, 0.25) is 0 Å². The first-order chi connectivity index (χ1) is 6.11. The zero-order valence-corrected chi connectivity index (χ0v) is 9.16. The molecule has 1 saturated carbocycles. The number of hydrogen-bond acceptors (Lipinski definition) is 2. The SMILES string of the molecule is CC1CC(C)CC(NC(=S)NN)C1. The second-order valence-corrected chi connectivity index (χ2v) is 4.64. The second kappa shape index (κ2) is 4.77. The molecule has 4 heteroatoms. The molecule has 0 bridgehead atoms. The van der Waals surface area contributed by atoms with Gasteiger partial charge in [0.15, 0.2) is 5.11 Å². The average Bonchev–Trinajstić information content (AvgIpc) is 2.02. The lowest BCUT2D eigenvalue weighted by Crippen LogP contribution is -2.47. The minimum atomic E-state index is 0.502. The monoisotopic (exact) mass is 201 g/mol. The minimum absolute atomic E-state index is 0.502. The van der Waals surface area contributed by atoms with Crippen molar-refractivity contribution in [1.82, 2.24) is 10.7 Å². The van der Waals surface area contributed by atoms with Crippen LogP contribution in [0.5, 0.6) is 0 Å². The summed E-state index contributed by atoms with van der Waals surface area (Å²) < 4.78 is 0. The molecule has 1 fully saturated rings. The van der Waals surface area contributed by atoms with Crippen LogP contribution < -0.4 is 16.6 Å². The number of nitrogens with one attached hydrogen (secondary N) is 2. The molecule has 2 unspecified atom stereocenters. The van der Waals surface area contributed by atoms with Gasteiger partial charge in [0.05, 0.1) is 0 Å². The third-order valence-corrected chi connectivity index (χ3v) is 2.88. The van der Waals surface area contributed by atoms with E-state index in [4.69, 9.17) is 18.1 Å². The summed E-state index contributed by atoms with van der Waals surface area (Å²) in [6, 6.07) is 0.502. The molecule has 13 heavy (non-hydrogen) atoms. The molecule has 2 atom stereocenters. The van der Waals surface area contributed by atoms with Crippen molar-refractivity contribution in [3.05, 3.63) is 0 Å². The lowest BCUT2D eigenvalue weighted by Gasteiger charge is -2.32. The van der Waals surface area contributed by atoms with Gasteiger partial charge in [-0.1, -0.05) is 13.8 Å². The number of hydrogen-bond donors (Lipinski definition) is 3. The summed E-state index contributed by atoms with van der Waals surface area (Å²) in [5, 5.41) is 3.79. The van der Waals surface area contributed by atoms with Crippen LogP contribution >= 0.6 is 12.2 Å². The molecule has 3 nitrogen and oxygen atoms in total. The van der Waals surface area contributed by atoms with E-state index in [1.807, 2.05) is 0 Å². The molecule has 0 aromatic heterocycles. The van der Waals surface area contributed by atoms with E-state index in [1.54, 1.807) is 0 Å². The van der Waals surface area contributed by atoms with Gasteiger partial charge in [0.25, 0.3) is 0 Å². The van der Waals surface area contributed by atoms with Gasteiger partial charge >= 0.3 is 0 Å². The standard InChI is InChI=1S/C9H19N3S/c1-6-3-7(2)5-8(4-6)11-9(13)12-10/h6-8H,3-5,10H2,1-2H3,(H2,11,12,13). The molecule has 0 amide bonds. The van der Waals surface area contributed by atoms with E-state index < -0.39 is 0 Å². The highest BCUT2D eigenvalue weighted by Gasteiger charge is 2.23. The zero-order chi connectivity index (χ0) is 9.84. The number of hydrazine groups is 1. The number of rotatable bonds is 1. The fraction of sp³-hybridized carbons (Fsp3) is 0.889. The van der Waals surface area contributed by atoms with Gasteiger partial charge in [0, 0.05) is 6.04 Å². The Balaban J connectivity index is 2.37. The Hall–Kier alpha value is -0.350. The van der Waals surface area contributed by atoms with Gasteiger partial charge < -0.3 is 10.7 Å². The van der Waals surface area contributed by atoms with Crippen LogP contribution in [0.2, 0.25) is 0 Å². The Morgan fingerprint density at radius 3 is 2.23 bits per heavy atom. The van der Waals surface area contributed by atoms with Gasteiger partial charge in [0.1, 0.15) is 0 Å². The zero-order valence-electron chi connectivity index (χ0n) is 8.34. The summed E-state index contributed by atoms with van der Waals surface area (Å²) in [4.78, 5) is 0. The summed E-state index contributed by atoms with van der Waals surface area (Å²) >= 11 is 4.97. The first-order valence-electron chi connectivity index (χ1n) is 4.89. The predicted octanol–water partition coefficient (Wildman–Crippen LogP) is 1.15. The molecule has 0 spiro atoms. The predicted molar refractivity (Wildman–Crippen MR) is 59.0 cm³/mol. The third kappa shape index (κ3) is 3.48. The van der Waals surface area contributed by atoms with Crippen molar-refractivity contribution in [2.45, 2.75) is 39.2 Å². The molecule has 4 N–H and O–H groups in total. The maximum absolute atomic E-state index is 5.20. The molecule has 1 rings (SSSR count). The van der Waals surface area contributed by atoms with Crippen LogP contribution in [0.4, 0.5) is 0 Å². The summed E-state index contributed by atoms with van der Waals surface area (Å²) in [5.41, 5.74) is 2.46. The van der Waals surface area contributed by atoms with Crippen molar-refractivity contribution in [1.29, 1.82) is 0 Å². The van der Waals surface area contributed by atoms with Crippen molar-refractivity contribution in [2.75, 3.05) is 0 Å². The lowest BCUT2D eigenvalue weighted by atomic mass is 9.80. The smallest absolute Gasteiger partial charge is 0.180 e. The summed E-state index contributed by atoms with van der Waals surface area (Å²) in [6.45, 7) is 4.59. The van der Waals surface area contributed by atoms with Crippen LogP contribution in [0.1, 0.15) is 33.1 Å². The van der Waals surface area contributed by atoms with Gasteiger partial charge in [-0.15, -0.1) is 0 Å². The van der Waals surface area contributed by atoms with Crippen LogP contribution in [0.15, 0.2) is 0 Å².